The fourth-order valence-corrected chi connectivity index (χ4v) is 3.22. The fourth-order valence-electron chi connectivity index (χ4n) is 3.22. The zero-order valence-corrected chi connectivity index (χ0v) is 15.6. The Bertz CT molecular complexity index is 1150. The van der Waals surface area contributed by atoms with Crippen LogP contribution in [0.1, 0.15) is 11.1 Å². The molecule has 1 aromatic carbocycles. The van der Waals surface area contributed by atoms with Gasteiger partial charge in [0.25, 0.3) is 11.1 Å². The molecule has 0 spiro atoms. The maximum absolute atomic E-state index is 14.1. The van der Waals surface area contributed by atoms with Crippen molar-refractivity contribution in [1.29, 1.82) is 0 Å². The van der Waals surface area contributed by atoms with Crippen LogP contribution in [-0.2, 0) is 19.6 Å². The third-order valence-corrected chi connectivity index (χ3v) is 4.73. The molecule has 0 aliphatic carbocycles. The largest absolute Gasteiger partial charge is 0.496 e. The molecule has 13 heteroatoms. The van der Waals surface area contributed by atoms with Crippen molar-refractivity contribution in [2.75, 3.05) is 12.4 Å². The summed E-state index contributed by atoms with van der Waals surface area (Å²) in [6.07, 6.45) is -12.1. The van der Waals surface area contributed by atoms with Crippen LogP contribution in [0.15, 0.2) is 38.8 Å². The monoisotopic (exact) mass is 436 g/mol. The molecule has 1 aliphatic heterocycles. The average Bonchev–Trinajstić information content (AvgIpc) is 2.67. The van der Waals surface area contributed by atoms with Gasteiger partial charge in [-0.25, -0.2) is 9.79 Å². The van der Waals surface area contributed by atoms with Gasteiger partial charge in [-0.05, 0) is 12.1 Å². The van der Waals surface area contributed by atoms with Gasteiger partial charge in [-0.3, -0.25) is 13.9 Å². The Kier molecular flexibility index (Phi) is 4.75. The summed E-state index contributed by atoms with van der Waals surface area (Å²) in [6.45, 7) is 0. The SMILES string of the molecule is COc1ccccc1C1=NC(C(F)(F)F)(C(F)(F)F)c2c(n(C)c(=O)n(C)c2=O)N1. The lowest BCUT2D eigenvalue weighted by Gasteiger charge is -2.38. The second-order valence-corrected chi connectivity index (χ2v) is 6.42. The highest BCUT2D eigenvalue weighted by atomic mass is 19.4. The zero-order valence-electron chi connectivity index (χ0n) is 15.6. The summed E-state index contributed by atoms with van der Waals surface area (Å²) in [5, 5.41) is 2.28. The van der Waals surface area contributed by atoms with E-state index in [2.05, 4.69) is 10.3 Å². The summed E-state index contributed by atoms with van der Waals surface area (Å²) < 4.78 is 90.1. The predicted molar refractivity (Wildman–Crippen MR) is 93.9 cm³/mol. The van der Waals surface area contributed by atoms with Crippen molar-refractivity contribution >= 4 is 11.7 Å². The van der Waals surface area contributed by atoms with Gasteiger partial charge in [0, 0.05) is 14.1 Å². The first kappa shape index (κ1) is 21.5. The average molecular weight is 436 g/mol. The van der Waals surface area contributed by atoms with E-state index < -0.39 is 46.4 Å². The van der Waals surface area contributed by atoms with Crippen LogP contribution in [0.4, 0.5) is 32.2 Å². The van der Waals surface area contributed by atoms with Crippen molar-refractivity contribution in [3.63, 3.8) is 0 Å². The van der Waals surface area contributed by atoms with E-state index >= 15 is 0 Å². The summed E-state index contributed by atoms with van der Waals surface area (Å²) in [6, 6.07) is 5.29. The van der Waals surface area contributed by atoms with Crippen LogP contribution in [-0.4, -0.2) is 34.4 Å². The van der Waals surface area contributed by atoms with Crippen molar-refractivity contribution in [2.45, 2.75) is 17.9 Å². The number of hydrogen-bond donors (Lipinski definition) is 1. The lowest BCUT2D eigenvalue weighted by Crippen LogP contribution is -2.60. The molecule has 0 saturated heterocycles. The van der Waals surface area contributed by atoms with Crippen LogP contribution in [0, 0.1) is 0 Å². The summed E-state index contributed by atoms with van der Waals surface area (Å²) in [4.78, 5) is 27.7. The molecular formula is C17H14F6N4O3. The summed E-state index contributed by atoms with van der Waals surface area (Å²) >= 11 is 0. The Morgan fingerprint density at radius 1 is 1.00 bits per heavy atom. The number of methoxy groups -OCH3 is 1. The number of aliphatic imine (C=N–C) groups is 1. The standard InChI is InChI=1S/C17H14F6N4O3/c1-26-12-10(13(28)27(2)14(26)29)15(16(18,19)20,17(21,22)23)25-11(24-12)8-6-4-5-7-9(8)30-3/h4-7H,1-3H3,(H,24,25). The lowest BCUT2D eigenvalue weighted by atomic mass is 9.87. The van der Waals surface area contributed by atoms with E-state index in [1.165, 1.54) is 31.4 Å². The van der Waals surface area contributed by atoms with E-state index in [9.17, 15) is 35.9 Å². The molecule has 0 unspecified atom stereocenters. The van der Waals surface area contributed by atoms with Crippen LogP contribution in [0.2, 0.25) is 0 Å². The number of hydrogen-bond acceptors (Lipinski definition) is 5. The molecule has 1 aliphatic rings. The lowest BCUT2D eigenvalue weighted by molar-refractivity contribution is -0.301. The molecule has 1 aromatic heterocycles. The number of para-hydroxylation sites is 1. The maximum atomic E-state index is 14.1. The van der Waals surface area contributed by atoms with Gasteiger partial charge in [0.05, 0.1) is 12.7 Å². The van der Waals surface area contributed by atoms with Gasteiger partial charge in [0.1, 0.15) is 23.0 Å². The highest BCUT2D eigenvalue weighted by molar-refractivity contribution is 6.11. The van der Waals surface area contributed by atoms with Gasteiger partial charge in [-0.15, -0.1) is 0 Å². The van der Waals surface area contributed by atoms with E-state index in [1.807, 2.05) is 0 Å². The molecule has 0 bridgehead atoms. The van der Waals surface area contributed by atoms with E-state index in [0.29, 0.717) is 4.57 Å². The first-order chi connectivity index (χ1) is 13.8. The molecule has 162 valence electrons. The molecule has 3 rings (SSSR count). The molecule has 7 nitrogen and oxygen atoms in total. The topological polar surface area (TPSA) is 77.6 Å². The number of benzene rings is 1. The minimum atomic E-state index is -6.06. The zero-order chi connectivity index (χ0) is 22.6. The minimum Gasteiger partial charge on any atom is -0.496 e. The number of halogens is 6. The molecule has 2 heterocycles. The van der Waals surface area contributed by atoms with E-state index in [-0.39, 0.29) is 15.9 Å². The molecule has 0 atom stereocenters. The van der Waals surface area contributed by atoms with E-state index in [1.54, 1.807) is 0 Å². The third kappa shape index (κ3) is 2.79. The fraction of sp³-hybridized carbons (Fsp3) is 0.353. The van der Waals surface area contributed by atoms with Gasteiger partial charge in [0.2, 0.25) is 0 Å². The van der Waals surface area contributed by atoms with Gasteiger partial charge >= 0.3 is 18.0 Å². The van der Waals surface area contributed by atoms with Crippen LogP contribution in [0.3, 0.4) is 0 Å². The smallest absolute Gasteiger partial charge is 0.427 e. The number of fused-ring (bicyclic) bond motifs is 1. The van der Waals surface area contributed by atoms with Crippen molar-refractivity contribution in [3.05, 3.63) is 56.2 Å². The van der Waals surface area contributed by atoms with Gasteiger partial charge in [-0.2, -0.15) is 26.3 Å². The van der Waals surface area contributed by atoms with Crippen molar-refractivity contribution in [1.82, 2.24) is 9.13 Å². The molecule has 0 saturated carbocycles. The Morgan fingerprint density at radius 2 is 1.57 bits per heavy atom. The number of rotatable bonds is 2. The maximum Gasteiger partial charge on any atom is 0.427 e. The van der Waals surface area contributed by atoms with Gasteiger partial charge in [-0.1, -0.05) is 12.1 Å². The number of aromatic nitrogens is 2. The van der Waals surface area contributed by atoms with Crippen LogP contribution >= 0.6 is 0 Å². The summed E-state index contributed by atoms with van der Waals surface area (Å²) in [5.74, 6) is -1.90. The van der Waals surface area contributed by atoms with E-state index in [4.69, 9.17) is 4.74 Å². The van der Waals surface area contributed by atoms with Crippen molar-refractivity contribution in [3.8, 4) is 5.75 Å². The molecule has 2 aromatic rings. The molecule has 0 fully saturated rings. The predicted octanol–water partition coefficient (Wildman–Crippen LogP) is 2.28. The first-order valence-electron chi connectivity index (χ1n) is 8.22. The number of nitrogens with one attached hydrogen (secondary N) is 1. The number of ether oxygens (including phenoxy) is 1. The minimum absolute atomic E-state index is 0.0701. The van der Waals surface area contributed by atoms with E-state index in [0.717, 1.165) is 14.1 Å². The second-order valence-electron chi connectivity index (χ2n) is 6.42. The van der Waals surface area contributed by atoms with Gasteiger partial charge in [0.15, 0.2) is 0 Å². The molecular weight excluding hydrogens is 422 g/mol. The number of nitrogens with zero attached hydrogens (tertiary/aromatic N) is 3. The highest BCUT2D eigenvalue weighted by Crippen LogP contribution is 2.55. The quantitative estimate of drug-likeness (QED) is 0.733. The Morgan fingerprint density at radius 3 is 2.10 bits per heavy atom. The van der Waals surface area contributed by atoms with Crippen molar-refractivity contribution in [2.24, 2.45) is 19.1 Å². The van der Waals surface area contributed by atoms with Crippen LogP contribution in [0.5, 0.6) is 5.75 Å². The van der Waals surface area contributed by atoms with Crippen LogP contribution < -0.4 is 21.3 Å². The first-order valence-corrected chi connectivity index (χ1v) is 8.22. The molecule has 30 heavy (non-hydrogen) atoms. The second kappa shape index (κ2) is 6.64. The number of anilines is 1. The Labute approximate surface area is 164 Å². The molecule has 0 radical (unpaired) electrons. The van der Waals surface area contributed by atoms with Crippen molar-refractivity contribution < 1.29 is 31.1 Å². The number of alkyl halides is 6. The normalized spacial score (nSPS) is 15.8. The number of amidine groups is 1. The van der Waals surface area contributed by atoms with Crippen LogP contribution in [0.25, 0.3) is 0 Å². The summed E-state index contributed by atoms with van der Waals surface area (Å²) in [7, 11) is 2.89. The van der Waals surface area contributed by atoms with Gasteiger partial charge < -0.3 is 10.1 Å². The Balaban J connectivity index is 2.55. The highest BCUT2D eigenvalue weighted by Gasteiger charge is 2.75. The molecule has 0 amide bonds. The Hall–Kier alpha value is -3.25. The molecule has 1 N–H and O–H groups in total. The third-order valence-electron chi connectivity index (χ3n) is 4.73. The summed E-state index contributed by atoms with van der Waals surface area (Å²) in [5.41, 5.74) is -9.76.